The molecule has 0 unspecified atom stereocenters. The fourth-order valence-electron chi connectivity index (χ4n) is 2.22. The quantitative estimate of drug-likeness (QED) is 0.824. The van der Waals surface area contributed by atoms with Gasteiger partial charge in [0.2, 0.25) is 0 Å². The first-order valence-electron chi connectivity index (χ1n) is 6.67. The maximum atomic E-state index is 12.1. The van der Waals surface area contributed by atoms with Gasteiger partial charge in [0.05, 0.1) is 5.69 Å². The SMILES string of the molecule is CCc1cc(CC(=O)Cc2cccc(C)c2)n(C)n1. The number of hydrogen-bond donors (Lipinski definition) is 0. The van der Waals surface area contributed by atoms with Crippen LogP contribution in [0.25, 0.3) is 0 Å². The number of aromatic nitrogens is 2. The zero-order valence-corrected chi connectivity index (χ0v) is 11.8. The average molecular weight is 256 g/mol. The standard InChI is InChI=1S/C16H20N2O/c1-4-14-10-15(18(3)17-14)11-16(19)9-13-7-5-6-12(2)8-13/h5-8,10H,4,9,11H2,1-3H3. The van der Waals surface area contributed by atoms with Crippen LogP contribution >= 0.6 is 0 Å². The van der Waals surface area contributed by atoms with E-state index in [1.807, 2.05) is 42.9 Å². The second kappa shape index (κ2) is 5.83. The summed E-state index contributed by atoms with van der Waals surface area (Å²) in [5.74, 6) is 0.233. The molecule has 0 fully saturated rings. The number of ketones is 1. The third kappa shape index (κ3) is 3.53. The summed E-state index contributed by atoms with van der Waals surface area (Å²) >= 11 is 0. The summed E-state index contributed by atoms with van der Waals surface area (Å²) in [5.41, 5.74) is 4.32. The van der Waals surface area contributed by atoms with E-state index in [-0.39, 0.29) is 5.78 Å². The molecule has 2 rings (SSSR count). The predicted octanol–water partition coefficient (Wildman–Crippen LogP) is 2.65. The van der Waals surface area contributed by atoms with Crippen molar-refractivity contribution in [2.45, 2.75) is 33.1 Å². The molecule has 0 aliphatic rings. The summed E-state index contributed by atoms with van der Waals surface area (Å²) < 4.78 is 1.81. The van der Waals surface area contributed by atoms with Gasteiger partial charge < -0.3 is 0 Å². The van der Waals surface area contributed by atoms with Crippen molar-refractivity contribution in [1.29, 1.82) is 0 Å². The molecule has 0 bridgehead atoms. The number of nitrogens with zero attached hydrogens (tertiary/aromatic N) is 2. The molecule has 100 valence electrons. The summed E-state index contributed by atoms with van der Waals surface area (Å²) in [4.78, 5) is 12.1. The van der Waals surface area contributed by atoms with Crippen molar-refractivity contribution < 1.29 is 4.79 Å². The molecule has 1 aromatic heterocycles. The van der Waals surface area contributed by atoms with Gasteiger partial charge in [-0.05, 0) is 25.0 Å². The lowest BCUT2D eigenvalue weighted by molar-refractivity contribution is -0.117. The van der Waals surface area contributed by atoms with Crippen LogP contribution in [0.15, 0.2) is 30.3 Å². The molecule has 0 amide bonds. The van der Waals surface area contributed by atoms with Gasteiger partial charge in [0.15, 0.2) is 0 Å². The highest BCUT2D eigenvalue weighted by Crippen LogP contribution is 2.09. The van der Waals surface area contributed by atoms with Crippen molar-refractivity contribution in [2.75, 3.05) is 0 Å². The van der Waals surface area contributed by atoms with Crippen LogP contribution < -0.4 is 0 Å². The summed E-state index contributed by atoms with van der Waals surface area (Å²) in [7, 11) is 1.90. The number of hydrogen-bond acceptors (Lipinski definition) is 2. The van der Waals surface area contributed by atoms with Crippen molar-refractivity contribution in [2.24, 2.45) is 7.05 Å². The Bertz CT molecular complexity index is 584. The van der Waals surface area contributed by atoms with Gasteiger partial charge in [0.25, 0.3) is 0 Å². The van der Waals surface area contributed by atoms with Crippen LogP contribution in [0.4, 0.5) is 0 Å². The first-order valence-corrected chi connectivity index (χ1v) is 6.67. The third-order valence-corrected chi connectivity index (χ3v) is 3.25. The zero-order valence-electron chi connectivity index (χ0n) is 11.8. The zero-order chi connectivity index (χ0) is 13.8. The average Bonchev–Trinajstić information content (AvgIpc) is 2.70. The summed E-state index contributed by atoms with van der Waals surface area (Å²) in [6.45, 7) is 4.11. The van der Waals surface area contributed by atoms with E-state index < -0.39 is 0 Å². The lowest BCUT2D eigenvalue weighted by Gasteiger charge is -2.03. The smallest absolute Gasteiger partial charge is 0.143 e. The molecule has 3 nitrogen and oxygen atoms in total. The van der Waals surface area contributed by atoms with Gasteiger partial charge in [-0.25, -0.2) is 0 Å². The lowest BCUT2D eigenvalue weighted by atomic mass is 10.0. The van der Waals surface area contributed by atoms with Crippen molar-refractivity contribution in [3.05, 3.63) is 52.8 Å². The van der Waals surface area contributed by atoms with E-state index >= 15 is 0 Å². The van der Waals surface area contributed by atoms with E-state index in [9.17, 15) is 4.79 Å². The maximum absolute atomic E-state index is 12.1. The van der Waals surface area contributed by atoms with Crippen LogP contribution in [0, 0.1) is 6.92 Å². The number of aryl methyl sites for hydroxylation is 3. The molecule has 0 saturated heterocycles. The van der Waals surface area contributed by atoms with Crippen LogP contribution in [0.5, 0.6) is 0 Å². The molecule has 19 heavy (non-hydrogen) atoms. The van der Waals surface area contributed by atoms with Crippen LogP contribution in [0.1, 0.15) is 29.4 Å². The van der Waals surface area contributed by atoms with Crippen molar-refractivity contribution in [3.63, 3.8) is 0 Å². The van der Waals surface area contributed by atoms with Gasteiger partial charge >= 0.3 is 0 Å². The van der Waals surface area contributed by atoms with Gasteiger partial charge in [-0.3, -0.25) is 9.48 Å². The normalized spacial score (nSPS) is 10.7. The van der Waals surface area contributed by atoms with E-state index in [1.165, 1.54) is 5.56 Å². The minimum Gasteiger partial charge on any atom is -0.299 e. The van der Waals surface area contributed by atoms with Crippen LogP contribution in [0.3, 0.4) is 0 Å². The Morgan fingerprint density at radius 3 is 2.68 bits per heavy atom. The van der Waals surface area contributed by atoms with Crippen molar-refractivity contribution in [1.82, 2.24) is 9.78 Å². The molecule has 3 heteroatoms. The van der Waals surface area contributed by atoms with E-state index in [0.29, 0.717) is 12.8 Å². The largest absolute Gasteiger partial charge is 0.299 e. The minimum atomic E-state index is 0.233. The highest BCUT2D eigenvalue weighted by molar-refractivity contribution is 5.82. The van der Waals surface area contributed by atoms with Gasteiger partial charge in [-0.1, -0.05) is 36.8 Å². The van der Waals surface area contributed by atoms with Crippen molar-refractivity contribution >= 4 is 5.78 Å². The molecular formula is C16H20N2O. The number of carbonyl (C=O) groups excluding carboxylic acids is 1. The summed E-state index contributed by atoms with van der Waals surface area (Å²) in [5, 5.41) is 4.37. The van der Waals surface area contributed by atoms with E-state index in [2.05, 4.69) is 18.1 Å². The topological polar surface area (TPSA) is 34.9 Å². The second-order valence-corrected chi connectivity index (χ2v) is 4.99. The highest BCUT2D eigenvalue weighted by atomic mass is 16.1. The Labute approximate surface area is 114 Å². The summed E-state index contributed by atoms with van der Waals surface area (Å²) in [6, 6.07) is 10.1. The molecule has 0 aliphatic carbocycles. The highest BCUT2D eigenvalue weighted by Gasteiger charge is 2.10. The van der Waals surface area contributed by atoms with E-state index in [4.69, 9.17) is 0 Å². The third-order valence-electron chi connectivity index (χ3n) is 3.25. The fourth-order valence-corrected chi connectivity index (χ4v) is 2.22. The molecule has 0 saturated carbocycles. The Morgan fingerprint density at radius 2 is 2.05 bits per heavy atom. The Morgan fingerprint density at radius 1 is 1.26 bits per heavy atom. The molecule has 0 aliphatic heterocycles. The van der Waals surface area contributed by atoms with Crippen molar-refractivity contribution in [3.8, 4) is 0 Å². The minimum absolute atomic E-state index is 0.233. The van der Waals surface area contributed by atoms with Gasteiger partial charge in [0.1, 0.15) is 5.78 Å². The molecule has 0 N–H and O–H groups in total. The number of benzene rings is 1. The number of rotatable bonds is 5. The second-order valence-electron chi connectivity index (χ2n) is 4.99. The number of Topliss-reactive ketones (excluding diaryl/α,β-unsaturated/α-hetero) is 1. The van der Waals surface area contributed by atoms with Crippen LogP contribution in [-0.2, 0) is 31.1 Å². The Kier molecular flexibility index (Phi) is 4.15. The van der Waals surface area contributed by atoms with E-state index in [1.54, 1.807) is 0 Å². The number of carbonyl (C=O) groups is 1. The monoisotopic (exact) mass is 256 g/mol. The molecular weight excluding hydrogens is 236 g/mol. The first-order chi connectivity index (χ1) is 9.08. The van der Waals surface area contributed by atoms with Crippen LogP contribution in [0.2, 0.25) is 0 Å². The van der Waals surface area contributed by atoms with Gasteiger partial charge in [-0.15, -0.1) is 0 Å². The molecule has 0 radical (unpaired) electrons. The Hall–Kier alpha value is -1.90. The lowest BCUT2D eigenvalue weighted by Crippen LogP contribution is -2.10. The molecule has 2 aromatic rings. The molecule has 1 aromatic carbocycles. The molecule has 1 heterocycles. The predicted molar refractivity (Wildman–Crippen MR) is 76.2 cm³/mol. The maximum Gasteiger partial charge on any atom is 0.143 e. The molecule has 0 atom stereocenters. The summed E-state index contributed by atoms with van der Waals surface area (Å²) in [6.07, 6.45) is 1.85. The Balaban J connectivity index is 2.03. The first kappa shape index (κ1) is 13.5. The fraction of sp³-hybridized carbons (Fsp3) is 0.375. The molecule has 0 spiro atoms. The van der Waals surface area contributed by atoms with Gasteiger partial charge in [-0.2, -0.15) is 5.10 Å². The van der Waals surface area contributed by atoms with Crippen LogP contribution in [-0.4, -0.2) is 15.6 Å². The van der Waals surface area contributed by atoms with E-state index in [0.717, 1.165) is 23.4 Å². The van der Waals surface area contributed by atoms with Gasteiger partial charge in [0, 0.05) is 25.6 Å².